The first-order valence-corrected chi connectivity index (χ1v) is 3.94. The highest BCUT2D eigenvalue weighted by Gasteiger charge is 2.16. The van der Waals surface area contributed by atoms with Crippen LogP contribution in [0.25, 0.3) is 0 Å². The Morgan fingerprint density at radius 2 is 2.00 bits per heavy atom. The predicted molar refractivity (Wildman–Crippen MR) is 42.6 cm³/mol. The first kappa shape index (κ1) is 7.28. The lowest BCUT2D eigenvalue weighted by Gasteiger charge is -1.98. The normalized spacial score (nSPS) is 15.1. The van der Waals surface area contributed by atoms with Gasteiger partial charge in [-0.3, -0.25) is 0 Å². The predicted octanol–water partition coefficient (Wildman–Crippen LogP) is 1.39. The Bertz CT molecular complexity index is 300. The lowest BCUT2D eigenvalue weighted by atomic mass is 10.3. The molecule has 0 aromatic carbocycles. The van der Waals surface area contributed by atoms with E-state index in [2.05, 4.69) is 15.3 Å². The van der Waals surface area contributed by atoms with Crippen LogP contribution in [0.3, 0.4) is 0 Å². The average Bonchev–Trinajstić information content (AvgIpc) is 2.34. The van der Waals surface area contributed by atoms with Crippen molar-refractivity contribution in [2.24, 2.45) is 0 Å². The Morgan fingerprint density at radius 1 is 1.18 bits per heavy atom. The number of fused-ring (bicyclic) bond motifs is 1. The number of hydrogen-bond donors (Lipinski definition) is 1. The van der Waals surface area contributed by atoms with E-state index in [1.54, 1.807) is 0 Å². The maximum Gasteiger partial charge on any atom is 0.224 e. The largest absolute Gasteiger partial charge is 0.307 e. The third kappa shape index (κ3) is 1.20. The molecule has 0 saturated heterocycles. The summed E-state index contributed by atoms with van der Waals surface area (Å²) >= 11 is 11.4. The van der Waals surface area contributed by atoms with Crippen LogP contribution in [-0.2, 0) is 13.1 Å². The molecule has 0 bridgehead atoms. The molecule has 2 heterocycles. The van der Waals surface area contributed by atoms with Crippen molar-refractivity contribution in [3.63, 3.8) is 0 Å². The van der Waals surface area contributed by atoms with E-state index in [-0.39, 0.29) is 5.28 Å². The van der Waals surface area contributed by atoms with Crippen LogP contribution in [0.2, 0.25) is 10.4 Å². The lowest BCUT2D eigenvalue weighted by Crippen LogP contribution is -2.00. The van der Waals surface area contributed by atoms with Crippen LogP contribution < -0.4 is 5.32 Å². The fraction of sp³-hybridized carbons (Fsp3) is 0.333. The quantitative estimate of drug-likeness (QED) is 0.496. The third-order valence-electron chi connectivity index (χ3n) is 1.61. The Balaban J connectivity index is 2.60. The van der Waals surface area contributed by atoms with Gasteiger partial charge in [0.15, 0.2) is 0 Å². The van der Waals surface area contributed by atoms with Crippen molar-refractivity contribution in [2.75, 3.05) is 0 Å². The summed E-state index contributed by atoms with van der Waals surface area (Å²) in [7, 11) is 0. The van der Waals surface area contributed by atoms with E-state index >= 15 is 0 Å². The highest BCUT2D eigenvalue weighted by atomic mass is 35.5. The van der Waals surface area contributed by atoms with Crippen LogP contribution >= 0.6 is 23.2 Å². The van der Waals surface area contributed by atoms with Crippen molar-refractivity contribution in [2.45, 2.75) is 13.1 Å². The summed E-state index contributed by atoms with van der Waals surface area (Å²) < 4.78 is 0. The highest BCUT2D eigenvalue weighted by Crippen LogP contribution is 2.22. The summed E-state index contributed by atoms with van der Waals surface area (Å²) in [6, 6.07) is 0. The molecule has 5 heteroatoms. The van der Waals surface area contributed by atoms with Crippen LogP contribution in [0, 0.1) is 0 Å². The van der Waals surface area contributed by atoms with E-state index in [0.29, 0.717) is 5.15 Å². The van der Waals surface area contributed by atoms with Crippen LogP contribution in [0.4, 0.5) is 0 Å². The molecule has 11 heavy (non-hydrogen) atoms. The zero-order valence-corrected chi connectivity index (χ0v) is 7.08. The number of halogens is 2. The fourth-order valence-corrected chi connectivity index (χ4v) is 1.58. The molecule has 0 fully saturated rings. The molecule has 0 unspecified atom stereocenters. The molecule has 0 saturated carbocycles. The number of nitrogens with zero attached hydrogens (tertiary/aromatic N) is 2. The zero-order chi connectivity index (χ0) is 7.84. The van der Waals surface area contributed by atoms with Crippen molar-refractivity contribution in [1.82, 2.24) is 15.3 Å². The topological polar surface area (TPSA) is 37.8 Å². The Kier molecular flexibility index (Phi) is 1.71. The highest BCUT2D eigenvalue weighted by molar-refractivity contribution is 6.32. The Labute approximate surface area is 73.8 Å². The zero-order valence-electron chi connectivity index (χ0n) is 5.56. The molecule has 2 rings (SSSR count). The van der Waals surface area contributed by atoms with Gasteiger partial charge in [-0.2, -0.15) is 0 Å². The minimum atomic E-state index is 0.220. The summed E-state index contributed by atoms with van der Waals surface area (Å²) in [5.74, 6) is 0. The van der Waals surface area contributed by atoms with Crippen molar-refractivity contribution in [3.05, 3.63) is 21.7 Å². The van der Waals surface area contributed by atoms with Crippen molar-refractivity contribution < 1.29 is 0 Å². The molecule has 0 aliphatic carbocycles. The van der Waals surface area contributed by atoms with Gasteiger partial charge in [0.05, 0.1) is 5.69 Å². The molecule has 1 aliphatic rings. The smallest absolute Gasteiger partial charge is 0.224 e. The van der Waals surface area contributed by atoms with Gasteiger partial charge in [-0.15, -0.1) is 0 Å². The number of aromatic nitrogens is 2. The second-order valence-electron chi connectivity index (χ2n) is 2.31. The van der Waals surface area contributed by atoms with Gasteiger partial charge in [0.2, 0.25) is 5.28 Å². The Morgan fingerprint density at radius 3 is 2.82 bits per heavy atom. The number of rotatable bonds is 0. The van der Waals surface area contributed by atoms with E-state index in [9.17, 15) is 0 Å². The fourth-order valence-electron chi connectivity index (χ4n) is 1.10. The number of nitrogens with one attached hydrogen (secondary N) is 1. The van der Waals surface area contributed by atoms with Crippen molar-refractivity contribution >= 4 is 23.2 Å². The summed E-state index contributed by atoms with van der Waals surface area (Å²) in [5.41, 5.74) is 1.88. The monoisotopic (exact) mass is 189 g/mol. The molecule has 1 aromatic rings. The minimum Gasteiger partial charge on any atom is -0.307 e. The minimum absolute atomic E-state index is 0.220. The maximum absolute atomic E-state index is 5.80. The first-order valence-electron chi connectivity index (χ1n) is 3.19. The van der Waals surface area contributed by atoms with Crippen LogP contribution in [0.1, 0.15) is 11.3 Å². The summed E-state index contributed by atoms with van der Waals surface area (Å²) in [6.07, 6.45) is 0. The molecular weight excluding hydrogens is 185 g/mol. The molecule has 0 atom stereocenters. The molecular formula is C6H5Cl2N3. The molecule has 1 N–H and O–H groups in total. The lowest BCUT2D eigenvalue weighted by molar-refractivity contribution is 0.758. The van der Waals surface area contributed by atoms with E-state index in [0.717, 1.165) is 24.3 Å². The maximum atomic E-state index is 5.80. The number of hydrogen-bond acceptors (Lipinski definition) is 3. The Hall–Kier alpha value is -0.380. The van der Waals surface area contributed by atoms with Gasteiger partial charge in [-0.1, -0.05) is 11.6 Å². The van der Waals surface area contributed by atoms with Crippen molar-refractivity contribution in [1.29, 1.82) is 0 Å². The van der Waals surface area contributed by atoms with Crippen LogP contribution in [0.5, 0.6) is 0 Å². The summed E-state index contributed by atoms with van der Waals surface area (Å²) in [4.78, 5) is 7.85. The van der Waals surface area contributed by atoms with E-state index in [1.165, 1.54) is 0 Å². The second kappa shape index (κ2) is 2.59. The molecule has 1 aliphatic heterocycles. The van der Waals surface area contributed by atoms with Gasteiger partial charge in [0.1, 0.15) is 5.15 Å². The molecule has 0 spiro atoms. The summed E-state index contributed by atoms with van der Waals surface area (Å²) in [6.45, 7) is 1.47. The van der Waals surface area contributed by atoms with Gasteiger partial charge in [-0.05, 0) is 11.6 Å². The summed E-state index contributed by atoms with van der Waals surface area (Å²) in [5, 5.41) is 3.79. The molecule has 3 nitrogen and oxygen atoms in total. The van der Waals surface area contributed by atoms with Gasteiger partial charge >= 0.3 is 0 Å². The van der Waals surface area contributed by atoms with E-state index < -0.39 is 0 Å². The van der Waals surface area contributed by atoms with Crippen LogP contribution in [0.15, 0.2) is 0 Å². The van der Waals surface area contributed by atoms with Gasteiger partial charge in [0, 0.05) is 18.7 Å². The molecule has 1 aromatic heterocycles. The SMILES string of the molecule is Clc1nc(Cl)c2c(n1)CNC2. The standard InChI is InChI=1S/C6H5Cl2N3/c7-5-3-1-9-2-4(3)10-6(8)11-5/h9H,1-2H2. The molecule has 0 amide bonds. The van der Waals surface area contributed by atoms with E-state index in [1.807, 2.05) is 0 Å². The van der Waals surface area contributed by atoms with E-state index in [4.69, 9.17) is 23.2 Å². The van der Waals surface area contributed by atoms with Gasteiger partial charge in [-0.25, -0.2) is 9.97 Å². The second-order valence-corrected chi connectivity index (χ2v) is 3.01. The third-order valence-corrected chi connectivity index (χ3v) is 2.09. The van der Waals surface area contributed by atoms with Gasteiger partial charge in [0.25, 0.3) is 0 Å². The average molecular weight is 190 g/mol. The van der Waals surface area contributed by atoms with Crippen molar-refractivity contribution in [3.8, 4) is 0 Å². The van der Waals surface area contributed by atoms with Crippen LogP contribution in [-0.4, -0.2) is 9.97 Å². The molecule has 58 valence electrons. The molecule has 0 radical (unpaired) electrons. The van der Waals surface area contributed by atoms with Gasteiger partial charge < -0.3 is 5.32 Å². The first-order chi connectivity index (χ1) is 5.27.